The van der Waals surface area contributed by atoms with Crippen molar-refractivity contribution in [3.63, 3.8) is 0 Å². The van der Waals surface area contributed by atoms with E-state index in [9.17, 15) is 5.11 Å². The number of nitrogens with zero attached hydrogens (tertiary/aromatic N) is 2. The van der Waals surface area contributed by atoms with Gasteiger partial charge in [0.1, 0.15) is 0 Å². The molecule has 0 atom stereocenters. The van der Waals surface area contributed by atoms with Gasteiger partial charge in [0.05, 0.1) is 6.61 Å². The van der Waals surface area contributed by atoms with E-state index in [1.165, 1.54) is 5.56 Å². The molecule has 2 rings (SSSR count). The van der Waals surface area contributed by atoms with Crippen molar-refractivity contribution in [3.05, 3.63) is 47.8 Å². The minimum absolute atomic E-state index is 0.0164. The molecule has 0 saturated carbocycles. The molecule has 0 aliphatic rings. The molecule has 0 bridgehead atoms. The highest BCUT2D eigenvalue weighted by molar-refractivity contribution is 5.63. The number of hydrogen-bond donors (Lipinski definition) is 1. The fourth-order valence-electron chi connectivity index (χ4n) is 1.97. The Morgan fingerprint density at radius 3 is 2.33 bits per heavy atom. The third kappa shape index (κ3) is 2.57. The standard InChI is InChI=1S/C15H18N2O/c1-15(2,3)13-6-5-11(10-18)9-12(13)14-16-7-4-8-17-14/h4-9,18H,10H2,1-3H3. The second kappa shape index (κ2) is 4.86. The summed E-state index contributed by atoms with van der Waals surface area (Å²) < 4.78 is 0. The molecule has 1 aromatic carbocycles. The zero-order valence-electron chi connectivity index (χ0n) is 11.0. The van der Waals surface area contributed by atoms with Gasteiger partial charge in [-0.05, 0) is 28.7 Å². The first-order valence-corrected chi connectivity index (χ1v) is 6.04. The quantitative estimate of drug-likeness (QED) is 0.880. The minimum atomic E-state index is 0.0164. The number of aliphatic hydroxyl groups is 1. The van der Waals surface area contributed by atoms with Gasteiger partial charge in [-0.1, -0.05) is 32.9 Å². The highest BCUT2D eigenvalue weighted by Gasteiger charge is 2.20. The van der Waals surface area contributed by atoms with Gasteiger partial charge in [0, 0.05) is 18.0 Å². The van der Waals surface area contributed by atoms with Gasteiger partial charge < -0.3 is 5.11 Å². The summed E-state index contributed by atoms with van der Waals surface area (Å²) in [6, 6.07) is 7.77. The lowest BCUT2D eigenvalue weighted by Crippen LogP contribution is -2.13. The van der Waals surface area contributed by atoms with Crippen LogP contribution in [-0.4, -0.2) is 15.1 Å². The molecule has 0 aliphatic heterocycles. The van der Waals surface area contributed by atoms with Crippen molar-refractivity contribution >= 4 is 0 Å². The average molecular weight is 242 g/mol. The molecular weight excluding hydrogens is 224 g/mol. The van der Waals surface area contributed by atoms with Crippen molar-refractivity contribution in [2.24, 2.45) is 0 Å². The molecule has 2 aromatic rings. The second-order valence-corrected chi connectivity index (χ2v) is 5.36. The second-order valence-electron chi connectivity index (χ2n) is 5.36. The largest absolute Gasteiger partial charge is 0.392 e. The summed E-state index contributed by atoms with van der Waals surface area (Å²) in [4.78, 5) is 8.61. The highest BCUT2D eigenvalue weighted by atomic mass is 16.3. The van der Waals surface area contributed by atoms with Crippen molar-refractivity contribution < 1.29 is 5.11 Å². The van der Waals surface area contributed by atoms with Gasteiger partial charge in [-0.25, -0.2) is 9.97 Å². The molecule has 18 heavy (non-hydrogen) atoms. The van der Waals surface area contributed by atoms with Crippen molar-refractivity contribution in [1.82, 2.24) is 9.97 Å². The third-order valence-electron chi connectivity index (χ3n) is 2.88. The van der Waals surface area contributed by atoms with E-state index in [0.29, 0.717) is 5.82 Å². The number of rotatable bonds is 2. The summed E-state index contributed by atoms with van der Waals surface area (Å²) in [6.45, 7) is 6.51. The SMILES string of the molecule is CC(C)(C)c1ccc(CO)cc1-c1ncccn1. The fourth-order valence-corrected chi connectivity index (χ4v) is 1.97. The first-order chi connectivity index (χ1) is 8.52. The van der Waals surface area contributed by atoms with Gasteiger partial charge in [0.2, 0.25) is 0 Å². The van der Waals surface area contributed by atoms with Crippen LogP contribution in [0.15, 0.2) is 36.7 Å². The summed E-state index contributed by atoms with van der Waals surface area (Å²) in [5.41, 5.74) is 3.08. The molecule has 0 fully saturated rings. The van der Waals surface area contributed by atoms with E-state index in [0.717, 1.165) is 11.1 Å². The van der Waals surface area contributed by atoms with E-state index in [1.807, 2.05) is 12.1 Å². The topological polar surface area (TPSA) is 46.0 Å². The van der Waals surface area contributed by atoms with Crippen LogP contribution in [0.3, 0.4) is 0 Å². The molecule has 3 nitrogen and oxygen atoms in total. The van der Waals surface area contributed by atoms with Gasteiger partial charge in [-0.3, -0.25) is 0 Å². The van der Waals surface area contributed by atoms with Crippen LogP contribution in [0, 0.1) is 0 Å². The van der Waals surface area contributed by atoms with Crippen molar-refractivity contribution in [3.8, 4) is 11.4 Å². The van der Waals surface area contributed by atoms with Gasteiger partial charge in [0.25, 0.3) is 0 Å². The van der Waals surface area contributed by atoms with Gasteiger partial charge >= 0.3 is 0 Å². The summed E-state index contributed by atoms with van der Waals surface area (Å²) in [5.74, 6) is 0.706. The van der Waals surface area contributed by atoms with Crippen LogP contribution in [-0.2, 0) is 12.0 Å². The van der Waals surface area contributed by atoms with E-state index >= 15 is 0 Å². The molecule has 0 aliphatic carbocycles. The van der Waals surface area contributed by atoms with E-state index in [-0.39, 0.29) is 12.0 Å². The molecule has 3 heteroatoms. The molecule has 1 N–H and O–H groups in total. The monoisotopic (exact) mass is 242 g/mol. The maximum absolute atomic E-state index is 9.26. The first-order valence-electron chi connectivity index (χ1n) is 6.04. The van der Waals surface area contributed by atoms with Gasteiger partial charge in [-0.15, -0.1) is 0 Å². The Hall–Kier alpha value is -1.74. The number of benzene rings is 1. The summed E-state index contributed by atoms with van der Waals surface area (Å²) in [6.07, 6.45) is 3.47. The molecule has 0 unspecified atom stereocenters. The smallest absolute Gasteiger partial charge is 0.159 e. The van der Waals surface area contributed by atoms with E-state index in [1.54, 1.807) is 18.5 Å². The normalized spacial score (nSPS) is 11.6. The molecule has 0 amide bonds. The Kier molecular flexibility index (Phi) is 3.43. The Morgan fingerprint density at radius 1 is 1.11 bits per heavy atom. The zero-order valence-corrected chi connectivity index (χ0v) is 11.0. The molecule has 0 saturated heterocycles. The lowest BCUT2D eigenvalue weighted by atomic mass is 9.83. The molecule has 1 aromatic heterocycles. The number of aliphatic hydroxyl groups excluding tert-OH is 1. The van der Waals surface area contributed by atoms with E-state index < -0.39 is 0 Å². The lowest BCUT2D eigenvalue weighted by molar-refractivity contribution is 0.282. The van der Waals surface area contributed by atoms with Crippen LogP contribution >= 0.6 is 0 Å². The fraction of sp³-hybridized carbons (Fsp3) is 0.333. The Labute approximate surface area is 108 Å². The van der Waals surface area contributed by atoms with Crippen LogP contribution in [0.4, 0.5) is 0 Å². The van der Waals surface area contributed by atoms with E-state index in [2.05, 4.69) is 36.8 Å². The third-order valence-corrected chi connectivity index (χ3v) is 2.88. The summed E-state index contributed by atoms with van der Waals surface area (Å²) in [5, 5.41) is 9.26. The van der Waals surface area contributed by atoms with Crippen molar-refractivity contribution in [1.29, 1.82) is 0 Å². The Morgan fingerprint density at radius 2 is 1.78 bits per heavy atom. The lowest BCUT2D eigenvalue weighted by Gasteiger charge is -2.22. The van der Waals surface area contributed by atoms with Gasteiger partial charge in [0.15, 0.2) is 5.82 Å². The minimum Gasteiger partial charge on any atom is -0.392 e. The summed E-state index contributed by atoms with van der Waals surface area (Å²) in [7, 11) is 0. The van der Waals surface area contributed by atoms with Crippen LogP contribution < -0.4 is 0 Å². The highest BCUT2D eigenvalue weighted by Crippen LogP contribution is 2.31. The van der Waals surface area contributed by atoms with Crippen molar-refractivity contribution in [2.45, 2.75) is 32.8 Å². The maximum atomic E-state index is 9.26. The number of hydrogen-bond acceptors (Lipinski definition) is 3. The van der Waals surface area contributed by atoms with Crippen LogP contribution in [0.2, 0.25) is 0 Å². The van der Waals surface area contributed by atoms with E-state index in [4.69, 9.17) is 0 Å². The zero-order chi connectivity index (χ0) is 13.2. The average Bonchev–Trinajstić information content (AvgIpc) is 2.38. The van der Waals surface area contributed by atoms with Crippen LogP contribution in [0.5, 0.6) is 0 Å². The maximum Gasteiger partial charge on any atom is 0.159 e. The predicted octanol–water partition coefficient (Wildman–Crippen LogP) is 2.93. The summed E-state index contributed by atoms with van der Waals surface area (Å²) >= 11 is 0. The van der Waals surface area contributed by atoms with Gasteiger partial charge in [-0.2, -0.15) is 0 Å². The Balaban J connectivity index is 2.62. The van der Waals surface area contributed by atoms with Crippen LogP contribution in [0.25, 0.3) is 11.4 Å². The van der Waals surface area contributed by atoms with Crippen LogP contribution in [0.1, 0.15) is 31.9 Å². The number of aromatic nitrogens is 2. The molecule has 0 spiro atoms. The molecule has 0 radical (unpaired) electrons. The molecular formula is C15H18N2O. The predicted molar refractivity (Wildman–Crippen MR) is 72.1 cm³/mol. The first kappa shape index (κ1) is 12.7. The van der Waals surface area contributed by atoms with Crippen molar-refractivity contribution in [2.75, 3.05) is 0 Å². The Bertz CT molecular complexity index is 530. The molecule has 1 heterocycles. The molecule has 94 valence electrons.